The van der Waals surface area contributed by atoms with E-state index in [2.05, 4.69) is 15.9 Å². The van der Waals surface area contributed by atoms with Crippen molar-refractivity contribution in [1.82, 2.24) is 4.31 Å². The topological polar surface area (TPSA) is 57.7 Å². The summed E-state index contributed by atoms with van der Waals surface area (Å²) in [4.78, 5) is 14.3. The second-order valence-electron chi connectivity index (χ2n) is 6.32. The third-order valence-corrected chi connectivity index (χ3v) is 6.66. The maximum Gasteiger partial charge on any atom is 0.251 e. The lowest BCUT2D eigenvalue weighted by molar-refractivity contribution is -0.114. The molecule has 1 aliphatic rings. The minimum absolute atomic E-state index is 0.201. The van der Waals surface area contributed by atoms with Gasteiger partial charge in [0.25, 0.3) is 5.91 Å². The van der Waals surface area contributed by atoms with Crippen LogP contribution >= 0.6 is 15.9 Å². The van der Waals surface area contributed by atoms with E-state index >= 15 is 0 Å². The Morgan fingerprint density at radius 1 is 1.22 bits per heavy atom. The number of halogens is 2. The molecule has 0 radical (unpaired) electrons. The predicted octanol–water partition coefficient (Wildman–Crippen LogP) is 3.44. The number of anilines is 1. The van der Waals surface area contributed by atoms with Crippen LogP contribution in [0.25, 0.3) is 6.08 Å². The van der Waals surface area contributed by atoms with Gasteiger partial charge >= 0.3 is 0 Å². The molecule has 1 aliphatic heterocycles. The van der Waals surface area contributed by atoms with Gasteiger partial charge in [0.15, 0.2) is 0 Å². The molecule has 0 fully saturated rings. The van der Waals surface area contributed by atoms with Crippen molar-refractivity contribution in [3.05, 3.63) is 63.9 Å². The van der Waals surface area contributed by atoms with Crippen molar-refractivity contribution in [2.45, 2.75) is 11.3 Å². The highest BCUT2D eigenvalue weighted by molar-refractivity contribution is 9.10. The molecular weight excluding hydrogens is 435 g/mol. The zero-order chi connectivity index (χ0) is 19.8. The zero-order valence-corrected chi connectivity index (χ0v) is 17.2. The summed E-state index contributed by atoms with van der Waals surface area (Å²) in [6, 6.07) is 9.25. The summed E-state index contributed by atoms with van der Waals surface area (Å²) < 4.78 is 40.2. The summed E-state index contributed by atoms with van der Waals surface area (Å²) in [5.41, 5.74) is 1.79. The summed E-state index contributed by atoms with van der Waals surface area (Å²) in [5, 5.41) is 0. The Balaban J connectivity index is 1.84. The Labute approximate surface area is 166 Å². The Bertz CT molecular complexity index is 1040. The molecule has 3 rings (SSSR count). The summed E-state index contributed by atoms with van der Waals surface area (Å²) >= 11 is 3.28. The number of hydrogen-bond donors (Lipinski definition) is 0. The van der Waals surface area contributed by atoms with Crippen molar-refractivity contribution in [2.24, 2.45) is 0 Å². The molecule has 5 nitrogen and oxygen atoms in total. The first-order valence-electron chi connectivity index (χ1n) is 8.20. The minimum atomic E-state index is -3.52. The molecule has 2 aromatic carbocycles. The van der Waals surface area contributed by atoms with Gasteiger partial charge in [0.2, 0.25) is 10.0 Å². The van der Waals surface area contributed by atoms with Crippen LogP contribution in [-0.4, -0.2) is 39.3 Å². The van der Waals surface area contributed by atoms with Crippen LogP contribution in [-0.2, 0) is 21.2 Å². The molecule has 1 amide bonds. The largest absolute Gasteiger partial charge is 0.308 e. The quantitative estimate of drug-likeness (QED) is 0.667. The van der Waals surface area contributed by atoms with Crippen LogP contribution in [0.4, 0.5) is 10.1 Å². The van der Waals surface area contributed by atoms with Gasteiger partial charge in [0, 0.05) is 42.4 Å². The first kappa shape index (κ1) is 19.7. The predicted molar refractivity (Wildman–Crippen MR) is 107 cm³/mol. The molecule has 27 heavy (non-hydrogen) atoms. The monoisotopic (exact) mass is 452 g/mol. The maximum atomic E-state index is 13.8. The van der Waals surface area contributed by atoms with E-state index in [-0.39, 0.29) is 10.8 Å². The second kappa shape index (κ2) is 7.53. The van der Waals surface area contributed by atoms with E-state index in [1.165, 1.54) is 38.4 Å². The highest BCUT2D eigenvalue weighted by atomic mass is 79.9. The van der Waals surface area contributed by atoms with Crippen LogP contribution in [0, 0.1) is 5.82 Å². The first-order chi connectivity index (χ1) is 12.7. The number of rotatable bonds is 4. The Hall–Kier alpha value is -2.03. The minimum Gasteiger partial charge on any atom is -0.308 e. The van der Waals surface area contributed by atoms with Crippen LogP contribution in [0.5, 0.6) is 0 Å². The fourth-order valence-electron chi connectivity index (χ4n) is 2.87. The number of sulfonamides is 1. The van der Waals surface area contributed by atoms with Gasteiger partial charge in [-0.15, -0.1) is 0 Å². The van der Waals surface area contributed by atoms with Crippen molar-refractivity contribution < 1.29 is 17.6 Å². The average molecular weight is 453 g/mol. The molecule has 0 atom stereocenters. The van der Waals surface area contributed by atoms with Gasteiger partial charge < -0.3 is 4.90 Å². The highest BCUT2D eigenvalue weighted by Gasteiger charge is 2.26. The summed E-state index contributed by atoms with van der Waals surface area (Å²) in [7, 11) is -0.569. The average Bonchev–Trinajstić information content (AvgIpc) is 3.05. The van der Waals surface area contributed by atoms with Gasteiger partial charge in [-0.3, -0.25) is 4.79 Å². The lowest BCUT2D eigenvalue weighted by Crippen LogP contribution is -2.27. The van der Waals surface area contributed by atoms with Crippen LogP contribution in [0.2, 0.25) is 0 Å². The number of benzene rings is 2. The highest BCUT2D eigenvalue weighted by Crippen LogP contribution is 2.31. The Kier molecular flexibility index (Phi) is 5.50. The second-order valence-corrected chi connectivity index (χ2v) is 9.38. The van der Waals surface area contributed by atoms with E-state index in [0.29, 0.717) is 24.2 Å². The van der Waals surface area contributed by atoms with E-state index in [1.54, 1.807) is 29.2 Å². The third kappa shape index (κ3) is 3.97. The van der Waals surface area contributed by atoms with Crippen LogP contribution in [0.1, 0.15) is 11.1 Å². The van der Waals surface area contributed by atoms with Crippen LogP contribution in [0.15, 0.2) is 51.8 Å². The van der Waals surface area contributed by atoms with E-state index < -0.39 is 15.8 Å². The van der Waals surface area contributed by atoms with Gasteiger partial charge in [-0.1, -0.05) is 15.9 Å². The molecule has 0 spiro atoms. The summed E-state index contributed by atoms with van der Waals surface area (Å²) in [6.07, 6.45) is 3.33. The van der Waals surface area contributed by atoms with E-state index in [1.807, 2.05) is 0 Å². The molecule has 2 aromatic rings. The molecule has 0 aromatic heterocycles. The van der Waals surface area contributed by atoms with Crippen molar-refractivity contribution in [1.29, 1.82) is 0 Å². The van der Waals surface area contributed by atoms with Crippen molar-refractivity contribution in [3.8, 4) is 0 Å². The molecule has 142 valence electrons. The fourth-order valence-corrected chi connectivity index (χ4v) is 4.20. The van der Waals surface area contributed by atoms with Gasteiger partial charge in [-0.2, -0.15) is 0 Å². The third-order valence-electron chi connectivity index (χ3n) is 4.35. The molecule has 0 unspecified atom stereocenters. The molecule has 0 saturated carbocycles. The number of carbonyl (C=O) groups excluding carboxylic acids is 1. The number of amides is 1. The standard InChI is InChI=1S/C19H18BrFN2O3S/c1-22(2)27(25,26)16-5-7-18-14(12-16)9-10-23(18)19(24)8-3-13-11-15(20)4-6-17(13)21/h3-8,11-12H,9-10H2,1-2H3. The number of fused-ring (bicyclic) bond motifs is 1. The van der Waals surface area contributed by atoms with Crippen molar-refractivity contribution >= 4 is 43.6 Å². The molecule has 0 N–H and O–H groups in total. The van der Waals surface area contributed by atoms with Crippen molar-refractivity contribution in [2.75, 3.05) is 25.5 Å². The van der Waals surface area contributed by atoms with E-state index in [0.717, 1.165) is 14.3 Å². The number of nitrogens with zero attached hydrogens (tertiary/aromatic N) is 2. The van der Waals surface area contributed by atoms with E-state index in [4.69, 9.17) is 0 Å². The zero-order valence-electron chi connectivity index (χ0n) is 14.8. The van der Waals surface area contributed by atoms with Gasteiger partial charge in [0.1, 0.15) is 5.82 Å². The SMILES string of the molecule is CN(C)S(=O)(=O)c1ccc2c(c1)CCN2C(=O)C=Cc1cc(Br)ccc1F. The number of hydrogen-bond acceptors (Lipinski definition) is 3. The summed E-state index contributed by atoms with van der Waals surface area (Å²) in [6.45, 7) is 0.449. The van der Waals surface area contributed by atoms with E-state index in [9.17, 15) is 17.6 Å². The maximum absolute atomic E-state index is 13.8. The lowest BCUT2D eigenvalue weighted by atomic mass is 10.2. The Morgan fingerprint density at radius 2 is 1.96 bits per heavy atom. The molecule has 1 heterocycles. The lowest BCUT2D eigenvalue weighted by Gasteiger charge is -2.16. The van der Waals surface area contributed by atoms with Gasteiger partial charge in [-0.05, 0) is 54.5 Å². The molecule has 0 aliphatic carbocycles. The molecule has 8 heteroatoms. The van der Waals surface area contributed by atoms with Gasteiger partial charge in [0.05, 0.1) is 4.90 Å². The smallest absolute Gasteiger partial charge is 0.251 e. The summed E-state index contributed by atoms with van der Waals surface area (Å²) in [5.74, 6) is -0.695. The van der Waals surface area contributed by atoms with Gasteiger partial charge in [-0.25, -0.2) is 17.1 Å². The normalized spacial score (nSPS) is 14.2. The van der Waals surface area contributed by atoms with Crippen LogP contribution < -0.4 is 4.90 Å². The number of carbonyl (C=O) groups is 1. The molecule has 0 saturated heterocycles. The fraction of sp³-hybridized carbons (Fsp3) is 0.211. The van der Waals surface area contributed by atoms with Crippen LogP contribution in [0.3, 0.4) is 0 Å². The first-order valence-corrected chi connectivity index (χ1v) is 10.4. The Morgan fingerprint density at radius 3 is 2.67 bits per heavy atom. The molecule has 0 bridgehead atoms. The van der Waals surface area contributed by atoms with Crippen molar-refractivity contribution in [3.63, 3.8) is 0 Å². The molecular formula is C19H18BrFN2O3S.